The number of anilines is 2. The van der Waals surface area contributed by atoms with Crippen LogP contribution in [0.5, 0.6) is 5.88 Å². The molecular formula is C11H17N3O. The van der Waals surface area contributed by atoms with Crippen LogP contribution in [0.3, 0.4) is 0 Å². The van der Waals surface area contributed by atoms with Gasteiger partial charge in [-0.3, -0.25) is 0 Å². The number of nitrogen functional groups attached to an aromatic ring is 1. The second kappa shape index (κ2) is 3.96. The molecule has 1 aliphatic rings. The first-order valence-corrected chi connectivity index (χ1v) is 5.25. The number of aromatic nitrogens is 1. The Labute approximate surface area is 89.8 Å². The van der Waals surface area contributed by atoms with E-state index in [0.717, 1.165) is 24.2 Å². The van der Waals surface area contributed by atoms with Gasteiger partial charge in [-0.05, 0) is 24.3 Å². The highest BCUT2D eigenvalue weighted by atomic mass is 16.5. The molecule has 2 rings (SSSR count). The lowest BCUT2D eigenvalue weighted by molar-refractivity contribution is 0.398. The minimum absolute atomic E-state index is 0.593. The molecule has 1 aromatic rings. The van der Waals surface area contributed by atoms with Gasteiger partial charge in [-0.15, -0.1) is 0 Å². The highest BCUT2D eigenvalue weighted by Gasteiger charge is 2.32. The fourth-order valence-corrected chi connectivity index (χ4v) is 1.62. The third-order valence-corrected chi connectivity index (χ3v) is 2.92. The zero-order valence-corrected chi connectivity index (χ0v) is 9.16. The predicted octanol–water partition coefficient (Wildman–Crippen LogP) is 1.74. The van der Waals surface area contributed by atoms with Crippen molar-refractivity contribution in [1.29, 1.82) is 0 Å². The Hall–Kier alpha value is -1.45. The second-order valence-corrected chi connectivity index (χ2v) is 4.15. The van der Waals surface area contributed by atoms with Gasteiger partial charge in [0.1, 0.15) is 0 Å². The Morgan fingerprint density at radius 3 is 2.93 bits per heavy atom. The third kappa shape index (κ3) is 2.32. The highest BCUT2D eigenvalue weighted by molar-refractivity contribution is 5.61. The Morgan fingerprint density at radius 2 is 2.33 bits per heavy atom. The zero-order chi connectivity index (χ0) is 10.8. The maximum Gasteiger partial charge on any atom is 0.215 e. The van der Waals surface area contributed by atoms with Crippen molar-refractivity contribution in [3.05, 3.63) is 12.1 Å². The molecule has 0 aliphatic heterocycles. The second-order valence-electron chi connectivity index (χ2n) is 4.15. The summed E-state index contributed by atoms with van der Waals surface area (Å²) in [6.45, 7) is 3.21. The first-order chi connectivity index (χ1) is 7.20. The smallest absolute Gasteiger partial charge is 0.215 e. The SMILES string of the molecule is COc1ccc(N)c(NCC2CC2C)n1. The summed E-state index contributed by atoms with van der Waals surface area (Å²) in [5.41, 5.74) is 6.48. The Kier molecular flexibility index (Phi) is 2.66. The van der Waals surface area contributed by atoms with Crippen molar-refractivity contribution in [2.45, 2.75) is 13.3 Å². The molecule has 4 heteroatoms. The molecule has 0 saturated heterocycles. The Morgan fingerprint density at radius 1 is 1.60 bits per heavy atom. The van der Waals surface area contributed by atoms with Crippen LogP contribution in [0.25, 0.3) is 0 Å². The van der Waals surface area contributed by atoms with Gasteiger partial charge in [-0.25, -0.2) is 0 Å². The average molecular weight is 207 g/mol. The molecule has 0 aromatic carbocycles. The van der Waals surface area contributed by atoms with Crippen LogP contribution in [0.15, 0.2) is 12.1 Å². The molecule has 1 heterocycles. The lowest BCUT2D eigenvalue weighted by Crippen LogP contribution is -2.08. The van der Waals surface area contributed by atoms with Crippen molar-refractivity contribution in [3.8, 4) is 5.88 Å². The van der Waals surface area contributed by atoms with E-state index in [2.05, 4.69) is 17.2 Å². The van der Waals surface area contributed by atoms with E-state index in [-0.39, 0.29) is 0 Å². The quantitative estimate of drug-likeness (QED) is 0.789. The van der Waals surface area contributed by atoms with Gasteiger partial charge in [-0.2, -0.15) is 4.98 Å². The van der Waals surface area contributed by atoms with Crippen LogP contribution in [0.2, 0.25) is 0 Å². The van der Waals surface area contributed by atoms with Gasteiger partial charge in [0, 0.05) is 12.6 Å². The van der Waals surface area contributed by atoms with Gasteiger partial charge in [0.2, 0.25) is 5.88 Å². The molecule has 0 amide bonds. The topological polar surface area (TPSA) is 60.2 Å². The molecule has 0 bridgehead atoms. The normalized spacial score (nSPS) is 23.6. The molecule has 3 N–H and O–H groups in total. The summed E-state index contributed by atoms with van der Waals surface area (Å²) in [4.78, 5) is 4.26. The van der Waals surface area contributed by atoms with E-state index < -0.39 is 0 Å². The van der Waals surface area contributed by atoms with E-state index >= 15 is 0 Å². The van der Waals surface area contributed by atoms with Crippen molar-refractivity contribution in [2.24, 2.45) is 11.8 Å². The Balaban J connectivity index is 1.99. The number of hydrogen-bond donors (Lipinski definition) is 2. The van der Waals surface area contributed by atoms with Crippen molar-refractivity contribution in [1.82, 2.24) is 4.98 Å². The van der Waals surface area contributed by atoms with Crippen molar-refractivity contribution in [2.75, 3.05) is 24.7 Å². The van der Waals surface area contributed by atoms with E-state index in [4.69, 9.17) is 10.5 Å². The summed E-state index contributed by atoms with van der Waals surface area (Å²) in [5.74, 6) is 2.94. The van der Waals surface area contributed by atoms with Gasteiger partial charge in [0.25, 0.3) is 0 Å². The molecule has 4 nitrogen and oxygen atoms in total. The number of ether oxygens (including phenoxy) is 1. The predicted molar refractivity (Wildman–Crippen MR) is 61.0 cm³/mol. The summed E-state index contributed by atoms with van der Waals surface area (Å²) in [6.07, 6.45) is 1.30. The van der Waals surface area contributed by atoms with Crippen molar-refractivity contribution < 1.29 is 4.74 Å². The minimum atomic E-state index is 0.593. The van der Waals surface area contributed by atoms with Gasteiger partial charge >= 0.3 is 0 Å². The van der Waals surface area contributed by atoms with E-state index in [0.29, 0.717) is 11.6 Å². The zero-order valence-electron chi connectivity index (χ0n) is 9.16. The van der Waals surface area contributed by atoms with Gasteiger partial charge in [-0.1, -0.05) is 6.92 Å². The van der Waals surface area contributed by atoms with Crippen LogP contribution in [0, 0.1) is 11.8 Å². The van der Waals surface area contributed by atoms with Crippen molar-refractivity contribution >= 4 is 11.5 Å². The largest absolute Gasteiger partial charge is 0.481 e. The first-order valence-electron chi connectivity index (χ1n) is 5.25. The summed E-state index contributed by atoms with van der Waals surface area (Å²) in [5, 5.41) is 3.26. The standard InChI is InChI=1S/C11H17N3O/c1-7-5-8(7)6-13-11-9(12)3-4-10(14-11)15-2/h3-4,7-8H,5-6,12H2,1-2H3,(H,13,14). The summed E-state index contributed by atoms with van der Waals surface area (Å²) >= 11 is 0. The number of pyridine rings is 1. The molecule has 1 aromatic heterocycles. The van der Waals surface area contributed by atoms with Gasteiger partial charge in [0.15, 0.2) is 5.82 Å². The molecule has 2 unspecified atom stereocenters. The van der Waals surface area contributed by atoms with E-state index in [1.54, 1.807) is 13.2 Å². The molecule has 82 valence electrons. The molecular weight excluding hydrogens is 190 g/mol. The maximum atomic E-state index is 5.80. The summed E-state index contributed by atoms with van der Waals surface area (Å²) in [6, 6.07) is 3.57. The lowest BCUT2D eigenvalue weighted by atomic mass is 10.3. The number of nitrogens with two attached hydrogens (primary N) is 1. The van der Waals surface area contributed by atoms with Gasteiger partial charge < -0.3 is 15.8 Å². The summed E-state index contributed by atoms with van der Waals surface area (Å²) in [7, 11) is 1.60. The molecule has 0 spiro atoms. The van der Waals surface area contributed by atoms with Gasteiger partial charge in [0.05, 0.1) is 12.8 Å². The first kappa shape index (κ1) is 10.1. The van der Waals surface area contributed by atoms with E-state index in [1.807, 2.05) is 6.07 Å². The number of methoxy groups -OCH3 is 1. The number of hydrogen-bond acceptors (Lipinski definition) is 4. The van der Waals surface area contributed by atoms with E-state index in [1.165, 1.54) is 6.42 Å². The van der Waals surface area contributed by atoms with Crippen LogP contribution in [-0.2, 0) is 0 Å². The average Bonchev–Trinajstić information content (AvgIpc) is 2.94. The highest BCUT2D eigenvalue weighted by Crippen LogP contribution is 2.37. The molecule has 15 heavy (non-hydrogen) atoms. The van der Waals surface area contributed by atoms with Crippen molar-refractivity contribution in [3.63, 3.8) is 0 Å². The minimum Gasteiger partial charge on any atom is -0.481 e. The van der Waals surface area contributed by atoms with Crippen LogP contribution >= 0.6 is 0 Å². The lowest BCUT2D eigenvalue weighted by Gasteiger charge is -2.09. The number of nitrogens with zero attached hydrogens (tertiary/aromatic N) is 1. The fourth-order valence-electron chi connectivity index (χ4n) is 1.62. The molecule has 2 atom stereocenters. The molecule has 1 aliphatic carbocycles. The van der Waals surface area contributed by atoms with Crippen LogP contribution in [0.4, 0.5) is 11.5 Å². The molecule has 0 radical (unpaired) electrons. The Bertz CT molecular complexity index is 354. The molecule has 1 saturated carbocycles. The van der Waals surface area contributed by atoms with Crippen LogP contribution in [0.1, 0.15) is 13.3 Å². The maximum absolute atomic E-state index is 5.80. The number of rotatable bonds is 4. The van der Waals surface area contributed by atoms with E-state index in [9.17, 15) is 0 Å². The summed E-state index contributed by atoms with van der Waals surface area (Å²) < 4.78 is 5.05. The van der Waals surface area contributed by atoms with Crippen LogP contribution in [-0.4, -0.2) is 18.6 Å². The van der Waals surface area contributed by atoms with Crippen LogP contribution < -0.4 is 15.8 Å². The fraction of sp³-hybridized carbons (Fsp3) is 0.545. The number of nitrogens with one attached hydrogen (secondary N) is 1. The molecule has 1 fully saturated rings. The monoisotopic (exact) mass is 207 g/mol. The third-order valence-electron chi connectivity index (χ3n) is 2.92.